The fourth-order valence-corrected chi connectivity index (χ4v) is 5.63. The molecule has 0 radical (unpaired) electrons. The van der Waals surface area contributed by atoms with E-state index in [4.69, 9.17) is 60.2 Å². The van der Waals surface area contributed by atoms with Gasteiger partial charge in [0.25, 0.3) is 0 Å². The largest absolute Gasteiger partial charge is 0.481 e. The number of halogens is 3. The van der Waals surface area contributed by atoms with E-state index in [0.29, 0.717) is 0 Å². The molecule has 0 aliphatic heterocycles. The highest BCUT2D eigenvalue weighted by atomic mass is 35.6. The minimum Gasteiger partial charge on any atom is -0.481 e. The third-order valence-corrected chi connectivity index (χ3v) is 6.81. The van der Waals surface area contributed by atoms with Crippen LogP contribution in [0, 0.1) is 17.3 Å². The molecule has 10 heteroatoms. The van der Waals surface area contributed by atoms with Gasteiger partial charge in [0.05, 0.1) is 19.1 Å². The van der Waals surface area contributed by atoms with Crippen molar-refractivity contribution >= 4 is 59.3 Å². The summed E-state index contributed by atoms with van der Waals surface area (Å²) in [6.07, 6.45) is -1.03. The minimum atomic E-state index is -3.11. The first kappa shape index (κ1) is 20.9. The Kier molecular flexibility index (Phi) is 7.04. The second kappa shape index (κ2) is 7.40. The molecule has 3 atom stereocenters. The van der Waals surface area contributed by atoms with Crippen LogP contribution < -0.4 is 0 Å². The Bertz CT molecular complexity index is 458. The van der Waals surface area contributed by atoms with E-state index in [2.05, 4.69) is 0 Å². The number of hydrogen-bond donors (Lipinski definition) is 1. The maximum Gasteiger partial charge on any atom is 0.327 e. The molecular formula is C12H20Cl3O5PS. The fraction of sp³-hybridized carbons (Fsp3) is 0.917. The highest BCUT2D eigenvalue weighted by Crippen LogP contribution is 2.66. The van der Waals surface area contributed by atoms with E-state index >= 15 is 0 Å². The van der Waals surface area contributed by atoms with Gasteiger partial charge in [0.2, 0.25) is 3.79 Å². The van der Waals surface area contributed by atoms with Crippen molar-refractivity contribution in [2.75, 3.05) is 13.2 Å². The lowest BCUT2D eigenvalue weighted by molar-refractivity contribution is -0.139. The zero-order chi connectivity index (χ0) is 17.3. The van der Waals surface area contributed by atoms with Crippen molar-refractivity contribution in [1.29, 1.82) is 0 Å². The lowest BCUT2D eigenvalue weighted by atomic mass is 10.1. The van der Waals surface area contributed by atoms with Crippen molar-refractivity contribution in [2.45, 2.75) is 37.6 Å². The van der Waals surface area contributed by atoms with Crippen molar-refractivity contribution in [1.82, 2.24) is 0 Å². The highest BCUT2D eigenvalue weighted by molar-refractivity contribution is 8.07. The van der Waals surface area contributed by atoms with Crippen molar-refractivity contribution in [3.8, 4) is 0 Å². The lowest BCUT2D eigenvalue weighted by Crippen LogP contribution is -2.33. The van der Waals surface area contributed by atoms with Crippen LogP contribution in [-0.2, 0) is 30.2 Å². The number of hydrogen-bond acceptors (Lipinski definition) is 5. The van der Waals surface area contributed by atoms with Crippen LogP contribution in [0.25, 0.3) is 0 Å². The second-order valence-electron chi connectivity index (χ2n) is 5.51. The number of carboxylic acid groups (broad SMARTS) is 1. The monoisotopic (exact) mass is 412 g/mol. The lowest BCUT2D eigenvalue weighted by Gasteiger charge is -2.31. The molecule has 1 rings (SSSR count). The first-order valence-corrected chi connectivity index (χ1v) is 10.5. The predicted molar refractivity (Wildman–Crippen MR) is 91.1 cm³/mol. The SMILES string of the molecule is CCOP(=S)(OCC)OC(C1C(C(=O)O)C1(C)C)C(Cl)(Cl)Cl. The maximum atomic E-state index is 11.4. The van der Waals surface area contributed by atoms with Gasteiger partial charge in [0.1, 0.15) is 6.10 Å². The van der Waals surface area contributed by atoms with Gasteiger partial charge in [-0.05, 0) is 31.1 Å². The summed E-state index contributed by atoms with van der Waals surface area (Å²) >= 11 is 23.3. The van der Waals surface area contributed by atoms with Gasteiger partial charge in [-0.15, -0.1) is 0 Å². The maximum absolute atomic E-state index is 11.4. The minimum absolute atomic E-state index is 0.278. The fourth-order valence-electron chi connectivity index (χ4n) is 2.60. The zero-order valence-electron chi connectivity index (χ0n) is 12.7. The Morgan fingerprint density at radius 3 is 2.05 bits per heavy atom. The molecule has 3 unspecified atom stereocenters. The van der Waals surface area contributed by atoms with Crippen molar-refractivity contribution in [3.63, 3.8) is 0 Å². The molecule has 0 heterocycles. The molecule has 1 fully saturated rings. The van der Waals surface area contributed by atoms with Crippen LogP contribution in [0.3, 0.4) is 0 Å². The van der Waals surface area contributed by atoms with E-state index in [9.17, 15) is 9.90 Å². The van der Waals surface area contributed by atoms with E-state index in [1.165, 1.54) is 0 Å². The quantitative estimate of drug-likeness (QED) is 0.470. The molecule has 22 heavy (non-hydrogen) atoms. The zero-order valence-corrected chi connectivity index (χ0v) is 16.7. The summed E-state index contributed by atoms with van der Waals surface area (Å²) in [4.78, 5) is 11.4. The van der Waals surface area contributed by atoms with Crippen molar-refractivity contribution in [2.24, 2.45) is 17.3 Å². The molecule has 0 saturated heterocycles. The van der Waals surface area contributed by atoms with Gasteiger partial charge in [0, 0.05) is 5.92 Å². The summed E-state index contributed by atoms with van der Waals surface area (Å²) in [5.74, 6) is -2.14. The molecule has 0 bridgehead atoms. The molecule has 1 N–H and O–H groups in total. The summed E-state index contributed by atoms with van der Waals surface area (Å²) in [5, 5.41) is 9.31. The number of rotatable bonds is 8. The van der Waals surface area contributed by atoms with Gasteiger partial charge < -0.3 is 18.7 Å². The summed E-state index contributed by atoms with van der Waals surface area (Å²) in [6.45, 7) is 4.51. The van der Waals surface area contributed by atoms with Crippen molar-refractivity contribution < 1.29 is 23.5 Å². The summed E-state index contributed by atoms with van der Waals surface area (Å²) in [6, 6.07) is 0. The van der Waals surface area contributed by atoms with Gasteiger partial charge in [-0.2, -0.15) is 0 Å². The Balaban J connectivity index is 3.06. The molecule has 0 spiro atoms. The van der Waals surface area contributed by atoms with Crippen LogP contribution in [0.15, 0.2) is 0 Å². The Morgan fingerprint density at radius 2 is 1.77 bits per heavy atom. The number of carboxylic acids is 1. The van der Waals surface area contributed by atoms with Crippen LogP contribution in [-0.4, -0.2) is 34.2 Å². The van der Waals surface area contributed by atoms with E-state index in [0.717, 1.165) is 0 Å². The van der Waals surface area contributed by atoms with Crippen LogP contribution in [0.2, 0.25) is 0 Å². The molecule has 1 aliphatic rings. The van der Waals surface area contributed by atoms with E-state index in [1.54, 1.807) is 27.7 Å². The Morgan fingerprint density at radius 1 is 1.32 bits per heavy atom. The Labute approximate surface area is 150 Å². The first-order chi connectivity index (χ1) is 9.90. The average Bonchev–Trinajstić information content (AvgIpc) is 2.88. The standard InChI is InChI=1S/C12H20Cl3O5PS/c1-5-18-21(22,19-6-2)20-9(12(13,14)15)7-8(10(16)17)11(7,3)4/h7-9H,5-6H2,1-4H3,(H,16,17). The van der Waals surface area contributed by atoms with Gasteiger partial charge >= 0.3 is 12.7 Å². The van der Waals surface area contributed by atoms with Gasteiger partial charge in [-0.3, -0.25) is 4.79 Å². The molecule has 0 amide bonds. The topological polar surface area (TPSA) is 65.0 Å². The number of carbonyl (C=O) groups is 1. The Hall–Kier alpha value is 0.870. The predicted octanol–water partition coefficient (Wildman–Crippen LogP) is 4.40. The van der Waals surface area contributed by atoms with Gasteiger partial charge in [0.15, 0.2) is 0 Å². The van der Waals surface area contributed by atoms with Crippen LogP contribution in [0.5, 0.6) is 0 Å². The molecular weight excluding hydrogens is 394 g/mol. The molecule has 1 saturated carbocycles. The summed E-state index contributed by atoms with van der Waals surface area (Å²) < 4.78 is 14.7. The molecule has 5 nitrogen and oxygen atoms in total. The first-order valence-electron chi connectivity index (χ1n) is 6.77. The molecule has 0 aromatic carbocycles. The summed E-state index contributed by atoms with van der Waals surface area (Å²) in [5.41, 5.74) is -0.570. The molecule has 0 aromatic rings. The van der Waals surface area contributed by atoms with Crippen LogP contribution in [0.1, 0.15) is 27.7 Å². The summed E-state index contributed by atoms with van der Waals surface area (Å²) in [7, 11) is 0. The van der Waals surface area contributed by atoms with E-state index in [1.807, 2.05) is 0 Å². The number of aliphatic carboxylic acids is 1. The van der Waals surface area contributed by atoms with E-state index in [-0.39, 0.29) is 13.2 Å². The van der Waals surface area contributed by atoms with Crippen molar-refractivity contribution in [3.05, 3.63) is 0 Å². The normalized spacial score (nSPS) is 25.8. The van der Waals surface area contributed by atoms with Gasteiger partial charge in [-0.25, -0.2) is 0 Å². The molecule has 0 aromatic heterocycles. The third kappa shape index (κ3) is 4.70. The number of alkyl halides is 3. The highest BCUT2D eigenvalue weighted by Gasteiger charge is 2.69. The smallest absolute Gasteiger partial charge is 0.327 e. The third-order valence-electron chi connectivity index (χ3n) is 3.64. The van der Waals surface area contributed by atoms with E-state index < -0.39 is 39.8 Å². The van der Waals surface area contributed by atoms with Gasteiger partial charge in [-0.1, -0.05) is 48.7 Å². The van der Waals surface area contributed by atoms with Crippen LogP contribution in [0.4, 0.5) is 0 Å². The molecule has 130 valence electrons. The second-order valence-corrected chi connectivity index (χ2v) is 10.8. The average molecular weight is 414 g/mol. The molecule has 1 aliphatic carbocycles. The van der Waals surface area contributed by atoms with Crippen LogP contribution >= 0.6 is 41.5 Å².